The van der Waals surface area contributed by atoms with E-state index in [9.17, 15) is 3.89 Å². The summed E-state index contributed by atoms with van der Waals surface area (Å²) < 4.78 is 40.1. The van der Waals surface area contributed by atoms with Gasteiger partial charge in [-0.05, 0) is 68.3 Å². The van der Waals surface area contributed by atoms with Crippen molar-refractivity contribution in [2.24, 2.45) is 16.5 Å². The monoisotopic (exact) mass is 541 g/mol. The van der Waals surface area contributed by atoms with Gasteiger partial charge in [0.2, 0.25) is 0 Å². The zero-order valence-electron chi connectivity index (χ0n) is 21.3. The summed E-state index contributed by atoms with van der Waals surface area (Å²) in [5.74, 6) is 1.96. The lowest BCUT2D eigenvalue weighted by molar-refractivity contribution is 0.266. The van der Waals surface area contributed by atoms with E-state index in [1.165, 1.54) is 0 Å². The topological polar surface area (TPSA) is 165 Å². The molecule has 6 N–H and O–H groups in total. The standard InChI is InChI=1S/C26H29N5O2.CH3FO2S/c1-18-4-6-20(7-5-18)25(29)31-26(30)21-10-14-23(15-11-21)33-17-3-2-16-32-22-12-8-19(9-13-22)24(27)28;1-5(2,3)4/h4-15H,2-3,16-17H2,1H3,(H3,27,28)(H3,29,30,31);1H3. The summed E-state index contributed by atoms with van der Waals surface area (Å²) in [6.45, 7) is 3.16. The molecular formula is C27H32FN5O4S. The van der Waals surface area contributed by atoms with E-state index in [4.69, 9.17) is 40.2 Å². The van der Waals surface area contributed by atoms with Gasteiger partial charge in [0.15, 0.2) is 5.84 Å². The normalized spacial score (nSPS) is 11.2. The maximum atomic E-state index is 10.7. The number of rotatable bonds is 10. The number of aryl methyl sites for hydroxylation is 1. The number of nitrogens with zero attached hydrogens (tertiary/aromatic N) is 1. The van der Waals surface area contributed by atoms with Crippen molar-refractivity contribution in [3.63, 3.8) is 0 Å². The number of nitrogens with one attached hydrogen (secondary N) is 2. The third kappa shape index (κ3) is 11.7. The van der Waals surface area contributed by atoms with Crippen molar-refractivity contribution < 1.29 is 21.8 Å². The van der Waals surface area contributed by atoms with Crippen molar-refractivity contribution in [2.75, 3.05) is 19.5 Å². The third-order valence-corrected chi connectivity index (χ3v) is 4.95. The molecule has 0 saturated heterocycles. The van der Waals surface area contributed by atoms with Gasteiger partial charge in [0.25, 0.3) is 10.2 Å². The number of nitrogen functional groups attached to an aromatic ring is 1. The maximum Gasteiger partial charge on any atom is 0.299 e. The Morgan fingerprint density at radius 1 is 0.789 bits per heavy atom. The van der Waals surface area contributed by atoms with Crippen LogP contribution in [0.4, 0.5) is 3.89 Å². The largest absolute Gasteiger partial charge is 0.494 e. The van der Waals surface area contributed by atoms with Crippen LogP contribution in [0.3, 0.4) is 0 Å². The number of hydrogen-bond acceptors (Lipinski definition) is 6. The number of amidine groups is 3. The first-order valence-electron chi connectivity index (χ1n) is 11.6. The first-order chi connectivity index (χ1) is 17.9. The highest BCUT2D eigenvalue weighted by molar-refractivity contribution is 7.85. The van der Waals surface area contributed by atoms with Crippen molar-refractivity contribution >= 4 is 27.7 Å². The van der Waals surface area contributed by atoms with Gasteiger partial charge >= 0.3 is 0 Å². The lowest BCUT2D eigenvalue weighted by atomic mass is 10.1. The van der Waals surface area contributed by atoms with Crippen LogP contribution in [0.5, 0.6) is 11.5 Å². The molecule has 0 aliphatic heterocycles. The molecule has 0 unspecified atom stereocenters. The highest BCUT2D eigenvalue weighted by Gasteiger charge is 2.04. The van der Waals surface area contributed by atoms with Crippen LogP contribution >= 0.6 is 0 Å². The van der Waals surface area contributed by atoms with Gasteiger partial charge < -0.3 is 20.9 Å². The first-order valence-corrected chi connectivity index (χ1v) is 13.4. The van der Waals surface area contributed by atoms with Crippen molar-refractivity contribution in [1.29, 1.82) is 10.8 Å². The Morgan fingerprint density at radius 3 is 1.61 bits per heavy atom. The molecule has 202 valence electrons. The quantitative estimate of drug-likeness (QED) is 0.130. The van der Waals surface area contributed by atoms with Crippen LogP contribution in [-0.2, 0) is 10.2 Å². The van der Waals surface area contributed by atoms with Gasteiger partial charge in [0.05, 0.1) is 19.5 Å². The number of nitrogens with two attached hydrogens (primary N) is 2. The average molecular weight is 542 g/mol. The van der Waals surface area contributed by atoms with Crippen molar-refractivity contribution in [3.05, 3.63) is 95.1 Å². The maximum absolute atomic E-state index is 10.7. The molecule has 9 nitrogen and oxygen atoms in total. The van der Waals surface area contributed by atoms with Gasteiger partial charge in [-0.25, -0.2) is 4.99 Å². The summed E-state index contributed by atoms with van der Waals surface area (Å²) in [5, 5.41) is 15.6. The molecule has 0 atom stereocenters. The van der Waals surface area contributed by atoms with Gasteiger partial charge in [-0.2, -0.15) is 8.42 Å². The van der Waals surface area contributed by atoms with Crippen molar-refractivity contribution in [3.8, 4) is 11.5 Å². The molecule has 0 spiro atoms. The molecule has 11 heteroatoms. The minimum Gasteiger partial charge on any atom is -0.494 e. The van der Waals surface area contributed by atoms with Gasteiger partial charge in [-0.1, -0.05) is 29.8 Å². The fourth-order valence-corrected chi connectivity index (χ4v) is 3.00. The SMILES string of the molecule is CS(=O)(=O)F.Cc1ccc(C(N)=NC(=N)c2ccc(OCCCCOc3ccc(C(=N)N)cc3)cc2)cc1. The number of ether oxygens (including phenoxy) is 2. The average Bonchev–Trinajstić information content (AvgIpc) is 2.86. The number of aliphatic imine (C=N–C) groups is 1. The molecule has 0 aromatic heterocycles. The summed E-state index contributed by atoms with van der Waals surface area (Å²) in [6.07, 6.45) is 2.19. The molecule has 0 radical (unpaired) electrons. The van der Waals surface area contributed by atoms with E-state index in [0.29, 0.717) is 36.4 Å². The van der Waals surface area contributed by atoms with Gasteiger partial charge in [0.1, 0.15) is 23.2 Å². The summed E-state index contributed by atoms with van der Waals surface area (Å²) in [4.78, 5) is 4.22. The number of halogens is 1. The molecular weight excluding hydrogens is 509 g/mol. The molecule has 3 aromatic carbocycles. The Balaban J connectivity index is 0.000000926. The van der Waals surface area contributed by atoms with Crippen molar-refractivity contribution in [2.45, 2.75) is 19.8 Å². The molecule has 3 rings (SSSR count). The zero-order valence-corrected chi connectivity index (χ0v) is 22.1. The van der Waals surface area contributed by atoms with Crippen LogP contribution in [0.2, 0.25) is 0 Å². The van der Waals surface area contributed by atoms with Crippen LogP contribution in [0.25, 0.3) is 0 Å². The van der Waals surface area contributed by atoms with Gasteiger partial charge in [-0.3, -0.25) is 10.8 Å². The van der Waals surface area contributed by atoms with Crippen molar-refractivity contribution in [1.82, 2.24) is 0 Å². The first kappa shape index (κ1) is 30.0. The summed E-state index contributed by atoms with van der Waals surface area (Å²) in [7, 11) is -4.17. The highest BCUT2D eigenvalue weighted by atomic mass is 32.3. The second kappa shape index (κ2) is 14.5. The second-order valence-electron chi connectivity index (χ2n) is 8.26. The molecule has 0 amide bonds. The zero-order chi connectivity index (χ0) is 28.1. The van der Waals surface area contributed by atoms with Crippen LogP contribution in [0.1, 0.15) is 35.1 Å². The molecule has 0 aliphatic carbocycles. The Hall–Kier alpha value is -4.25. The summed E-state index contributed by atoms with van der Waals surface area (Å²) >= 11 is 0. The lowest BCUT2D eigenvalue weighted by Gasteiger charge is -2.09. The Kier molecular flexibility index (Phi) is 11.4. The smallest absolute Gasteiger partial charge is 0.299 e. The van der Waals surface area contributed by atoms with E-state index in [2.05, 4.69) is 4.99 Å². The Bertz CT molecular complexity index is 1330. The van der Waals surface area contributed by atoms with E-state index in [1.54, 1.807) is 24.3 Å². The van der Waals surface area contributed by atoms with Crippen LogP contribution in [0, 0.1) is 17.7 Å². The molecule has 38 heavy (non-hydrogen) atoms. The van der Waals surface area contributed by atoms with Crippen LogP contribution < -0.4 is 20.9 Å². The van der Waals surface area contributed by atoms with E-state index in [1.807, 2.05) is 55.5 Å². The van der Waals surface area contributed by atoms with E-state index >= 15 is 0 Å². The van der Waals surface area contributed by atoms with E-state index in [-0.39, 0.29) is 11.7 Å². The van der Waals surface area contributed by atoms with Crippen LogP contribution in [0.15, 0.2) is 77.8 Å². The lowest BCUT2D eigenvalue weighted by Crippen LogP contribution is -2.15. The molecule has 0 aliphatic rings. The molecule has 3 aromatic rings. The number of benzene rings is 3. The third-order valence-electron chi connectivity index (χ3n) is 4.95. The highest BCUT2D eigenvalue weighted by Crippen LogP contribution is 2.15. The second-order valence-corrected chi connectivity index (χ2v) is 9.62. The van der Waals surface area contributed by atoms with E-state index in [0.717, 1.165) is 35.5 Å². The van der Waals surface area contributed by atoms with Crippen LogP contribution in [-0.4, -0.2) is 45.4 Å². The Labute approximate surface area is 222 Å². The predicted octanol–water partition coefficient (Wildman–Crippen LogP) is 4.16. The fraction of sp³-hybridized carbons (Fsp3) is 0.222. The minimum absolute atomic E-state index is 0.0441. The number of hydrogen-bond donors (Lipinski definition) is 4. The summed E-state index contributed by atoms with van der Waals surface area (Å²) in [5.41, 5.74) is 14.8. The predicted molar refractivity (Wildman–Crippen MR) is 149 cm³/mol. The molecule has 0 saturated carbocycles. The number of unbranched alkanes of at least 4 members (excludes halogenated alkanes) is 1. The van der Waals surface area contributed by atoms with E-state index < -0.39 is 10.2 Å². The molecule has 0 bridgehead atoms. The van der Waals surface area contributed by atoms with Gasteiger partial charge in [0, 0.05) is 16.7 Å². The Morgan fingerprint density at radius 2 is 1.18 bits per heavy atom. The molecule has 0 fully saturated rings. The van der Waals surface area contributed by atoms with Gasteiger partial charge in [-0.15, -0.1) is 3.89 Å². The summed E-state index contributed by atoms with van der Waals surface area (Å²) in [6, 6.07) is 22.1. The minimum atomic E-state index is -4.17. The molecule has 0 heterocycles. The fourth-order valence-electron chi connectivity index (χ4n) is 3.00.